The standard InChI is InChI=1S/C14H10FN3O/c15-11-3-6-13(17-9-11)14(19)18-12-4-1-10(2-5-12)7-8-16/h1-6,9H,7H2,(H,18,19). The third kappa shape index (κ3) is 3.36. The molecule has 0 radical (unpaired) electrons. The number of anilines is 1. The third-order valence-corrected chi connectivity index (χ3v) is 2.46. The average Bonchev–Trinajstić information content (AvgIpc) is 2.42. The number of nitriles is 1. The van der Waals surface area contributed by atoms with Crippen LogP contribution < -0.4 is 5.32 Å². The highest BCUT2D eigenvalue weighted by atomic mass is 19.1. The lowest BCUT2D eigenvalue weighted by Crippen LogP contribution is -2.13. The van der Waals surface area contributed by atoms with Crippen LogP contribution in [0, 0.1) is 17.1 Å². The van der Waals surface area contributed by atoms with E-state index in [1.54, 1.807) is 24.3 Å². The number of carbonyl (C=O) groups is 1. The van der Waals surface area contributed by atoms with Gasteiger partial charge in [-0.05, 0) is 29.8 Å². The van der Waals surface area contributed by atoms with Crippen LogP contribution in [-0.4, -0.2) is 10.9 Å². The second-order valence-electron chi connectivity index (χ2n) is 3.85. The van der Waals surface area contributed by atoms with Gasteiger partial charge >= 0.3 is 0 Å². The number of halogens is 1. The molecule has 1 heterocycles. The van der Waals surface area contributed by atoms with E-state index in [2.05, 4.69) is 10.3 Å². The number of aromatic nitrogens is 1. The molecule has 1 N–H and O–H groups in total. The molecule has 2 rings (SSSR count). The van der Waals surface area contributed by atoms with E-state index in [4.69, 9.17) is 5.26 Å². The normalized spacial score (nSPS) is 9.68. The van der Waals surface area contributed by atoms with Gasteiger partial charge in [-0.3, -0.25) is 4.79 Å². The van der Waals surface area contributed by atoms with Gasteiger partial charge in [0.05, 0.1) is 18.7 Å². The quantitative estimate of drug-likeness (QED) is 0.916. The van der Waals surface area contributed by atoms with Gasteiger partial charge < -0.3 is 5.32 Å². The SMILES string of the molecule is N#CCc1ccc(NC(=O)c2ccc(F)cn2)cc1. The smallest absolute Gasteiger partial charge is 0.274 e. The zero-order valence-corrected chi connectivity index (χ0v) is 9.93. The molecular formula is C14H10FN3O. The van der Waals surface area contributed by atoms with Crippen LogP contribution in [0.2, 0.25) is 0 Å². The first kappa shape index (κ1) is 12.7. The summed E-state index contributed by atoms with van der Waals surface area (Å²) < 4.78 is 12.7. The molecular weight excluding hydrogens is 245 g/mol. The minimum absolute atomic E-state index is 0.141. The zero-order chi connectivity index (χ0) is 13.7. The van der Waals surface area contributed by atoms with Crippen molar-refractivity contribution < 1.29 is 9.18 Å². The van der Waals surface area contributed by atoms with Gasteiger partial charge in [-0.15, -0.1) is 0 Å². The molecule has 2 aromatic rings. The Morgan fingerprint density at radius 1 is 1.26 bits per heavy atom. The molecule has 0 aliphatic heterocycles. The first-order chi connectivity index (χ1) is 9.19. The number of amides is 1. The van der Waals surface area contributed by atoms with E-state index in [1.165, 1.54) is 12.1 Å². The van der Waals surface area contributed by atoms with Crippen LogP contribution in [0.15, 0.2) is 42.6 Å². The summed E-state index contributed by atoms with van der Waals surface area (Å²) in [6, 6.07) is 11.5. The molecule has 0 aliphatic rings. The predicted octanol–water partition coefficient (Wildman–Crippen LogP) is 2.54. The summed E-state index contributed by atoms with van der Waals surface area (Å²) in [4.78, 5) is 15.5. The minimum atomic E-state index is -0.489. The van der Waals surface area contributed by atoms with E-state index in [0.717, 1.165) is 11.8 Å². The van der Waals surface area contributed by atoms with E-state index in [-0.39, 0.29) is 5.69 Å². The highest BCUT2D eigenvalue weighted by Crippen LogP contribution is 2.11. The summed E-state index contributed by atoms with van der Waals surface area (Å²) >= 11 is 0. The molecule has 0 saturated heterocycles. The maximum atomic E-state index is 12.7. The average molecular weight is 255 g/mol. The van der Waals surface area contributed by atoms with Crippen molar-refractivity contribution in [3.8, 4) is 6.07 Å². The molecule has 94 valence electrons. The van der Waals surface area contributed by atoms with Gasteiger partial charge in [0.2, 0.25) is 0 Å². The fourth-order valence-corrected chi connectivity index (χ4v) is 1.50. The number of hydrogen-bond acceptors (Lipinski definition) is 3. The van der Waals surface area contributed by atoms with Gasteiger partial charge in [-0.1, -0.05) is 12.1 Å². The Hall–Kier alpha value is -2.74. The summed E-state index contributed by atoms with van der Waals surface area (Å²) in [5, 5.41) is 11.2. The van der Waals surface area contributed by atoms with Crippen LogP contribution in [0.25, 0.3) is 0 Å². The zero-order valence-electron chi connectivity index (χ0n) is 9.93. The van der Waals surface area contributed by atoms with Gasteiger partial charge in [0.1, 0.15) is 11.5 Å². The van der Waals surface area contributed by atoms with E-state index in [9.17, 15) is 9.18 Å². The number of carbonyl (C=O) groups excluding carboxylic acids is 1. The van der Waals surface area contributed by atoms with E-state index < -0.39 is 11.7 Å². The number of pyridine rings is 1. The van der Waals surface area contributed by atoms with Crippen LogP contribution in [0.3, 0.4) is 0 Å². The Morgan fingerprint density at radius 2 is 2.00 bits per heavy atom. The molecule has 19 heavy (non-hydrogen) atoms. The molecule has 5 heteroatoms. The van der Waals surface area contributed by atoms with Crippen molar-refractivity contribution in [1.82, 2.24) is 4.98 Å². The largest absolute Gasteiger partial charge is 0.321 e. The van der Waals surface area contributed by atoms with Gasteiger partial charge in [0.15, 0.2) is 0 Å². The van der Waals surface area contributed by atoms with Gasteiger partial charge in [-0.25, -0.2) is 9.37 Å². The number of hydrogen-bond donors (Lipinski definition) is 1. The molecule has 0 spiro atoms. The minimum Gasteiger partial charge on any atom is -0.321 e. The van der Waals surface area contributed by atoms with E-state index in [0.29, 0.717) is 12.1 Å². The second-order valence-corrected chi connectivity index (χ2v) is 3.85. The lowest BCUT2D eigenvalue weighted by atomic mass is 10.1. The molecule has 0 atom stereocenters. The fraction of sp³-hybridized carbons (Fsp3) is 0.0714. The van der Waals surface area contributed by atoms with E-state index in [1.807, 2.05) is 6.07 Å². The molecule has 1 amide bonds. The lowest BCUT2D eigenvalue weighted by Gasteiger charge is -2.05. The predicted molar refractivity (Wildman–Crippen MR) is 67.9 cm³/mol. The number of nitrogens with zero attached hydrogens (tertiary/aromatic N) is 2. The summed E-state index contributed by atoms with van der Waals surface area (Å²) in [6.45, 7) is 0. The Labute approximate surface area is 109 Å². The maximum Gasteiger partial charge on any atom is 0.274 e. The summed E-state index contributed by atoms with van der Waals surface area (Å²) in [5.74, 6) is -0.898. The third-order valence-electron chi connectivity index (χ3n) is 2.46. The van der Waals surface area contributed by atoms with Gasteiger partial charge in [0, 0.05) is 5.69 Å². The number of rotatable bonds is 3. The van der Waals surface area contributed by atoms with Crippen LogP contribution in [0.1, 0.15) is 16.1 Å². The topological polar surface area (TPSA) is 65.8 Å². The van der Waals surface area contributed by atoms with Crippen molar-refractivity contribution in [2.75, 3.05) is 5.32 Å². The van der Waals surface area contributed by atoms with E-state index >= 15 is 0 Å². The number of benzene rings is 1. The Balaban J connectivity index is 2.06. The molecule has 0 saturated carbocycles. The highest BCUT2D eigenvalue weighted by molar-refractivity contribution is 6.02. The monoisotopic (exact) mass is 255 g/mol. The first-order valence-corrected chi connectivity index (χ1v) is 5.58. The van der Waals surface area contributed by atoms with Crippen molar-refractivity contribution in [2.24, 2.45) is 0 Å². The van der Waals surface area contributed by atoms with Crippen LogP contribution in [0.4, 0.5) is 10.1 Å². The van der Waals surface area contributed by atoms with Crippen molar-refractivity contribution in [3.63, 3.8) is 0 Å². The van der Waals surface area contributed by atoms with Gasteiger partial charge in [0.25, 0.3) is 5.91 Å². The van der Waals surface area contributed by atoms with Crippen LogP contribution >= 0.6 is 0 Å². The highest BCUT2D eigenvalue weighted by Gasteiger charge is 2.07. The second kappa shape index (κ2) is 5.74. The molecule has 0 aliphatic carbocycles. The number of nitrogens with one attached hydrogen (secondary N) is 1. The van der Waals surface area contributed by atoms with Crippen molar-refractivity contribution in [1.29, 1.82) is 5.26 Å². The summed E-state index contributed by atoms with van der Waals surface area (Å²) in [5.41, 5.74) is 1.61. The molecule has 0 bridgehead atoms. The van der Waals surface area contributed by atoms with Crippen molar-refractivity contribution >= 4 is 11.6 Å². The Morgan fingerprint density at radius 3 is 2.58 bits per heavy atom. The molecule has 0 unspecified atom stereocenters. The van der Waals surface area contributed by atoms with Crippen molar-refractivity contribution in [2.45, 2.75) is 6.42 Å². The summed E-state index contributed by atoms with van der Waals surface area (Å²) in [6.07, 6.45) is 1.32. The summed E-state index contributed by atoms with van der Waals surface area (Å²) in [7, 11) is 0. The maximum absolute atomic E-state index is 12.7. The van der Waals surface area contributed by atoms with Crippen LogP contribution in [-0.2, 0) is 6.42 Å². The van der Waals surface area contributed by atoms with Crippen LogP contribution in [0.5, 0.6) is 0 Å². The Bertz CT molecular complexity index is 615. The molecule has 4 nitrogen and oxygen atoms in total. The Kier molecular flexibility index (Phi) is 3.84. The lowest BCUT2D eigenvalue weighted by molar-refractivity contribution is 0.102. The van der Waals surface area contributed by atoms with Gasteiger partial charge in [-0.2, -0.15) is 5.26 Å². The molecule has 1 aromatic heterocycles. The van der Waals surface area contributed by atoms with Crippen molar-refractivity contribution in [3.05, 3.63) is 59.7 Å². The first-order valence-electron chi connectivity index (χ1n) is 5.58. The fourth-order valence-electron chi connectivity index (χ4n) is 1.50. The molecule has 1 aromatic carbocycles. The molecule has 0 fully saturated rings.